The van der Waals surface area contributed by atoms with Crippen LogP contribution >= 0.6 is 0 Å². The number of hydrogen-bond donors (Lipinski definition) is 2. The van der Waals surface area contributed by atoms with Crippen LogP contribution in [0.5, 0.6) is 0 Å². The molecule has 0 saturated heterocycles. The maximum Gasteiger partial charge on any atom is 0.503 e. The van der Waals surface area contributed by atoms with Gasteiger partial charge in [0.05, 0.1) is 0 Å². The second-order valence-corrected chi connectivity index (χ2v) is 5.52. The minimum Gasteiger partial charge on any atom is -0.450 e. The van der Waals surface area contributed by atoms with Gasteiger partial charge in [-0.2, -0.15) is 0 Å². The highest BCUT2D eigenvalue weighted by Crippen LogP contribution is 2.38. The molecule has 2 aromatic carbocycles. The molecule has 0 aliphatic heterocycles. The molecule has 3 rings (SSSR count). The van der Waals surface area contributed by atoms with Crippen LogP contribution in [0.2, 0.25) is 0 Å². The van der Waals surface area contributed by atoms with Crippen LogP contribution in [0.4, 0.5) is 4.79 Å². The van der Waals surface area contributed by atoms with Crippen molar-refractivity contribution >= 4 is 6.16 Å². The summed E-state index contributed by atoms with van der Waals surface area (Å²) in [5.41, 5.74) is 7.56. The van der Waals surface area contributed by atoms with E-state index in [1.807, 2.05) is 0 Å². The Kier molecular flexibility index (Phi) is 5.59. The van der Waals surface area contributed by atoms with E-state index in [1.54, 1.807) is 11.1 Å². The van der Waals surface area contributed by atoms with Crippen LogP contribution in [0.25, 0.3) is 11.1 Å². The van der Waals surface area contributed by atoms with E-state index in [0.29, 0.717) is 0 Å². The van der Waals surface area contributed by atoms with Crippen LogP contribution in [0, 0.1) is 0 Å². The molecule has 0 aromatic heterocycles. The first-order valence-corrected chi connectivity index (χ1v) is 7.74. The summed E-state index contributed by atoms with van der Waals surface area (Å²) in [7, 11) is 0. The third-order valence-electron chi connectivity index (χ3n) is 4.00. The predicted molar refractivity (Wildman–Crippen MR) is 88.6 cm³/mol. The van der Waals surface area contributed by atoms with Gasteiger partial charge in [-0.1, -0.05) is 62.2 Å². The van der Waals surface area contributed by atoms with E-state index in [4.69, 9.17) is 15.0 Å². The smallest absolute Gasteiger partial charge is 0.450 e. The van der Waals surface area contributed by atoms with E-state index in [1.165, 1.54) is 42.4 Å². The summed E-state index contributed by atoms with van der Waals surface area (Å²) in [5.74, 6) is 0. The number of unbranched alkanes of at least 4 members (excludes halogenated alkanes) is 2. The lowest BCUT2D eigenvalue weighted by Crippen LogP contribution is -1.93. The quantitative estimate of drug-likeness (QED) is 0.650. The molecule has 2 aromatic rings. The van der Waals surface area contributed by atoms with Crippen molar-refractivity contribution in [1.29, 1.82) is 0 Å². The second kappa shape index (κ2) is 7.64. The third kappa shape index (κ3) is 3.88. The van der Waals surface area contributed by atoms with Crippen molar-refractivity contribution in [2.75, 3.05) is 0 Å². The Balaban J connectivity index is 0.000000396. The summed E-state index contributed by atoms with van der Waals surface area (Å²) in [4.78, 5) is 8.56. The number of benzene rings is 2. The largest absolute Gasteiger partial charge is 0.503 e. The summed E-state index contributed by atoms with van der Waals surface area (Å²) in [5, 5.41) is 13.9. The molecule has 0 bridgehead atoms. The summed E-state index contributed by atoms with van der Waals surface area (Å²) in [6, 6.07) is 15.7. The van der Waals surface area contributed by atoms with Gasteiger partial charge < -0.3 is 10.2 Å². The molecule has 2 N–H and O–H groups in total. The van der Waals surface area contributed by atoms with E-state index in [2.05, 4.69) is 49.4 Å². The normalized spacial score (nSPS) is 11.1. The molecule has 22 heavy (non-hydrogen) atoms. The molecule has 0 fully saturated rings. The van der Waals surface area contributed by atoms with Crippen LogP contribution in [0.15, 0.2) is 42.5 Å². The number of carboxylic acid groups (broad SMARTS) is 2. The summed E-state index contributed by atoms with van der Waals surface area (Å²) in [6.45, 7) is 2.27. The first kappa shape index (κ1) is 16.1. The minimum absolute atomic E-state index is 1.13. The maximum absolute atomic E-state index is 8.56. The van der Waals surface area contributed by atoms with Crippen LogP contribution in [0.3, 0.4) is 0 Å². The lowest BCUT2D eigenvalue weighted by molar-refractivity contribution is 0.137. The minimum atomic E-state index is -1.83. The lowest BCUT2D eigenvalue weighted by atomic mass is 9.97. The van der Waals surface area contributed by atoms with Gasteiger partial charge in [-0.3, -0.25) is 0 Å². The van der Waals surface area contributed by atoms with E-state index < -0.39 is 6.16 Å². The zero-order valence-electron chi connectivity index (χ0n) is 12.9. The Morgan fingerprint density at radius 2 is 1.68 bits per heavy atom. The van der Waals surface area contributed by atoms with Gasteiger partial charge in [-0.25, -0.2) is 4.79 Å². The molecule has 1 aliphatic carbocycles. The third-order valence-corrected chi connectivity index (χ3v) is 4.00. The second-order valence-electron chi connectivity index (χ2n) is 5.52. The van der Waals surface area contributed by atoms with Gasteiger partial charge in [0.15, 0.2) is 0 Å². The molecule has 0 radical (unpaired) electrons. The number of aryl methyl sites for hydroxylation is 1. The van der Waals surface area contributed by atoms with Crippen molar-refractivity contribution in [2.45, 2.75) is 39.0 Å². The van der Waals surface area contributed by atoms with E-state index in [-0.39, 0.29) is 0 Å². The fourth-order valence-corrected chi connectivity index (χ4v) is 3.02. The van der Waals surface area contributed by atoms with Gasteiger partial charge >= 0.3 is 6.16 Å². The first-order valence-electron chi connectivity index (χ1n) is 7.74. The highest BCUT2D eigenvalue weighted by molar-refractivity contribution is 5.77. The highest BCUT2D eigenvalue weighted by Gasteiger charge is 2.19. The highest BCUT2D eigenvalue weighted by atomic mass is 16.6. The van der Waals surface area contributed by atoms with Gasteiger partial charge in [0.25, 0.3) is 0 Å². The number of hydrogen-bond acceptors (Lipinski definition) is 1. The van der Waals surface area contributed by atoms with Gasteiger partial charge in [0, 0.05) is 0 Å². The van der Waals surface area contributed by atoms with Gasteiger partial charge in [-0.05, 0) is 47.1 Å². The predicted octanol–water partition coefficient (Wildman–Crippen LogP) is 5.21. The molecule has 1 aliphatic rings. The molecule has 0 unspecified atom stereocenters. The molecule has 116 valence electrons. The zero-order valence-corrected chi connectivity index (χ0v) is 12.9. The van der Waals surface area contributed by atoms with Crippen molar-refractivity contribution < 1.29 is 15.0 Å². The average molecular weight is 298 g/mol. The van der Waals surface area contributed by atoms with Crippen LogP contribution in [-0.4, -0.2) is 16.4 Å². The summed E-state index contributed by atoms with van der Waals surface area (Å²) in [6.07, 6.45) is 4.51. The van der Waals surface area contributed by atoms with Crippen LogP contribution in [0.1, 0.15) is 42.9 Å². The average Bonchev–Trinajstić information content (AvgIpc) is 2.87. The fraction of sp³-hybridized carbons (Fsp3) is 0.316. The summed E-state index contributed by atoms with van der Waals surface area (Å²) >= 11 is 0. The Morgan fingerprint density at radius 1 is 1.00 bits per heavy atom. The van der Waals surface area contributed by atoms with Crippen molar-refractivity contribution in [3.8, 4) is 11.1 Å². The molecule has 0 spiro atoms. The van der Waals surface area contributed by atoms with Crippen LogP contribution in [-0.2, 0) is 12.8 Å². The van der Waals surface area contributed by atoms with Gasteiger partial charge in [0.1, 0.15) is 0 Å². The molecule has 3 heteroatoms. The molecule has 0 amide bonds. The van der Waals surface area contributed by atoms with Crippen LogP contribution < -0.4 is 0 Å². The van der Waals surface area contributed by atoms with Gasteiger partial charge in [-0.15, -0.1) is 0 Å². The van der Waals surface area contributed by atoms with Crippen molar-refractivity contribution in [3.05, 3.63) is 59.2 Å². The molecular formula is C19H22O3. The van der Waals surface area contributed by atoms with Crippen molar-refractivity contribution in [2.24, 2.45) is 0 Å². The van der Waals surface area contributed by atoms with E-state index in [9.17, 15) is 0 Å². The topological polar surface area (TPSA) is 57.5 Å². The molecule has 0 atom stereocenters. The van der Waals surface area contributed by atoms with Crippen molar-refractivity contribution in [1.82, 2.24) is 0 Å². The molecule has 3 nitrogen and oxygen atoms in total. The monoisotopic (exact) mass is 298 g/mol. The standard InChI is InChI=1S/C18H20.CH2O3/c1-2-3-4-8-14-10-7-12-17-16-11-6-5-9-15(16)13-18(14)17;2-1(3)4/h5-7,9-12H,2-4,8,13H2,1H3;(H2,2,3,4). The SMILES string of the molecule is CCCCCc1cccc2c1Cc1ccccc1-2.O=C(O)O. The first-order chi connectivity index (χ1) is 10.6. The van der Waals surface area contributed by atoms with E-state index >= 15 is 0 Å². The Morgan fingerprint density at radius 3 is 2.41 bits per heavy atom. The summed E-state index contributed by atoms with van der Waals surface area (Å²) < 4.78 is 0. The zero-order chi connectivity index (χ0) is 15.9. The number of carbonyl (C=O) groups is 1. The van der Waals surface area contributed by atoms with Crippen molar-refractivity contribution in [3.63, 3.8) is 0 Å². The molecular weight excluding hydrogens is 276 g/mol. The molecule has 0 heterocycles. The van der Waals surface area contributed by atoms with E-state index in [0.717, 1.165) is 6.42 Å². The Hall–Kier alpha value is -2.29. The van der Waals surface area contributed by atoms with Gasteiger partial charge in [0.2, 0.25) is 0 Å². The fourth-order valence-electron chi connectivity index (χ4n) is 3.02. The maximum atomic E-state index is 8.56. The Bertz CT molecular complexity index is 643. The Labute approximate surface area is 131 Å². The number of rotatable bonds is 4. The lowest BCUT2D eigenvalue weighted by Gasteiger charge is -2.08. The number of fused-ring (bicyclic) bond motifs is 3. The molecule has 0 saturated carbocycles.